The molecular weight excluding hydrogens is 444 g/mol. The van der Waals surface area contributed by atoms with Crippen LogP contribution in [0, 0.1) is 11.3 Å². The maximum Gasteiger partial charge on any atom is 0.338 e. The third-order valence-electron chi connectivity index (χ3n) is 5.40. The molecule has 3 rings (SSSR count). The van der Waals surface area contributed by atoms with Gasteiger partial charge >= 0.3 is 5.97 Å². The molecule has 5 N–H and O–H groups in total. The summed E-state index contributed by atoms with van der Waals surface area (Å²) in [6, 6.07) is 18.8. The summed E-state index contributed by atoms with van der Waals surface area (Å²) in [7, 11) is 1.29. The van der Waals surface area contributed by atoms with E-state index in [0.717, 1.165) is 5.56 Å². The molecule has 3 aromatic carbocycles. The van der Waals surface area contributed by atoms with Gasteiger partial charge in [0.15, 0.2) is 0 Å². The van der Waals surface area contributed by atoms with Crippen molar-refractivity contribution in [1.29, 1.82) is 5.41 Å². The Balaban J connectivity index is 1.94. The van der Waals surface area contributed by atoms with Gasteiger partial charge in [-0.2, -0.15) is 0 Å². The van der Waals surface area contributed by atoms with Crippen molar-refractivity contribution in [2.75, 3.05) is 12.4 Å². The zero-order valence-electron chi connectivity index (χ0n) is 19.8. The van der Waals surface area contributed by atoms with E-state index in [1.807, 2.05) is 0 Å². The van der Waals surface area contributed by atoms with Crippen molar-refractivity contribution in [1.82, 2.24) is 5.32 Å². The second-order valence-corrected chi connectivity index (χ2v) is 8.23. The topological polar surface area (TPSA) is 134 Å². The fourth-order valence-electron chi connectivity index (χ4n) is 3.46. The third kappa shape index (κ3) is 6.11. The van der Waals surface area contributed by atoms with Crippen molar-refractivity contribution in [3.05, 3.63) is 89.0 Å². The van der Waals surface area contributed by atoms with Gasteiger partial charge < -0.3 is 21.1 Å². The molecule has 0 saturated carbocycles. The summed E-state index contributed by atoms with van der Waals surface area (Å²) in [5.41, 5.74) is 9.06. The predicted molar refractivity (Wildman–Crippen MR) is 135 cm³/mol. The van der Waals surface area contributed by atoms with Gasteiger partial charge in [0.1, 0.15) is 5.84 Å². The molecule has 0 aromatic heterocycles. The fourth-order valence-corrected chi connectivity index (χ4v) is 3.46. The Morgan fingerprint density at radius 1 is 0.943 bits per heavy atom. The number of benzene rings is 3. The molecule has 8 heteroatoms. The summed E-state index contributed by atoms with van der Waals surface area (Å²) >= 11 is 0. The SMILES string of the molecule is COC(=O)c1cc(CNC(=O)C(C)C)ccc1-c1ccccc1C(=O)Nc1ccc(C(=N)N)cc1. The Kier molecular flexibility index (Phi) is 7.99. The van der Waals surface area contributed by atoms with E-state index in [2.05, 4.69) is 10.6 Å². The molecule has 0 heterocycles. The first-order chi connectivity index (χ1) is 16.7. The van der Waals surface area contributed by atoms with Gasteiger partial charge in [0.25, 0.3) is 5.91 Å². The van der Waals surface area contributed by atoms with Crippen molar-refractivity contribution >= 4 is 29.3 Å². The van der Waals surface area contributed by atoms with E-state index in [9.17, 15) is 14.4 Å². The Morgan fingerprint density at radius 2 is 1.60 bits per heavy atom. The lowest BCUT2D eigenvalue weighted by molar-refractivity contribution is -0.124. The molecule has 0 saturated heterocycles. The molecule has 0 aliphatic carbocycles. The number of nitrogen functional groups attached to an aromatic ring is 1. The number of amidine groups is 1. The van der Waals surface area contributed by atoms with Gasteiger partial charge in [-0.15, -0.1) is 0 Å². The smallest absolute Gasteiger partial charge is 0.338 e. The second-order valence-electron chi connectivity index (χ2n) is 8.23. The minimum atomic E-state index is -0.549. The highest BCUT2D eigenvalue weighted by Gasteiger charge is 2.20. The molecule has 0 fully saturated rings. The lowest BCUT2D eigenvalue weighted by Gasteiger charge is -2.15. The number of esters is 1. The Bertz CT molecular complexity index is 1270. The molecule has 2 amide bonds. The van der Waals surface area contributed by atoms with Gasteiger partial charge in [-0.25, -0.2) is 4.79 Å². The molecule has 0 aliphatic rings. The number of hydrogen-bond donors (Lipinski definition) is 4. The summed E-state index contributed by atoms with van der Waals surface area (Å²) in [5, 5.41) is 13.2. The number of amides is 2. The number of methoxy groups -OCH3 is 1. The van der Waals surface area contributed by atoms with Crippen LogP contribution in [0.5, 0.6) is 0 Å². The Hall–Kier alpha value is -4.46. The van der Waals surface area contributed by atoms with E-state index >= 15 is 0 Å². The molecule has 0 bridgehead atoms. The van der Waals surface area contributed by atoms with Crippen LogP contribution in [0.15, 0.2) is 66.7 Å². The summed E-state index contributed by atoms with van der Waals surface area (Å²) in [5.74, 6) is -1.21. The van der Waals surface area contributed by atoms with Crippen LogP contribution in [-0.4, -0.2) is 30.7 Å². The van der Waals surface area contributed by atoms with E-state index in [1.54, 1.807) is 80.6 Å². The van der Waals surface area contributed by atoms with Crippen molar-refractivity contribution in [2.24, 2.45) is 11.7 Å². The average Bonchev–Trinajstić information content (AvgIpc) is 2.86. The largest absolute Gasteiger partial charge is 0.465 e. The fraction of sp³-hybridized carbons (Fsp3) is 0.185. The van der Waals surface area contributed by atoms with Gasteiger partial charge in [0, 0.05) is 29.3 Å². The Labute approximate surface area is 204 Å². The lowest BCUT2D eigenvalue weighted by atomic mass is 9.93. The highest BCUT2D eigenvalue weighted by atomic mass is 16.5. The van der Waals surface area contributed by atoms with Gasteiger partial charge in [0.2, 0.25) is 5.91 Å². The van der Waals surface area contributed by atoms with E-state index in [1.165, 1.54) is 7.11 Å². The maximum absolute atomic E-state index is 13.1. The normalized spacial score (nSPS) is 10.5. The lowest BCUT2D eigenvalue weighted by Crippen LogP contribution is -2.27. The van der Waals surface area contributed by atoms with Crippen molar-refractivity contribution in [3.8, 4) is 11.1 Å². The van der Waals surface area contributed by atoms with Crippen LogP contribution in [0.25, 0.3) is 11.1 Å². The summed E-state index contributed by atoms with van der Waals surface area (Å²) in [6.07, 6.45) is 0. The molecule has 0 unspecified atom stereocenters. The molecule has 0 radical (unpaired) electrons. The van der Waals surface area contributed by atoms with Crippen molar-refractivity contribution in [2.45, 2.75) is 20.4 Å². The number of nitrogens with one attached hydrogen (secondary N) is 3. The van der Waals surface area contributed by atoms with Gasteiger partial charge in [-0.05, 0) is 53.1 Å². The number of ether oxygens (including phenoxy) is 1. The van der Waals surface area contributed by atoms with E-state index in [0.29, 0.717) is 27.9 Å². The zero-order chi connectivity index (χ0) is 25.5. The van der Waals surface area contributed by atoms with Crippen molar-refractivity contribution < 1.29 is 19.1 Å². The van der Waals surface area contributed by atoms with Crippen LogP contribution < -0.4 is 16.4 Å². The van der Waals surface area contributed by atoms with Crippen LogP contribution in [0.2, 0.25) is 0 Å². The van der Waals surface area contributed by atoms with Crippen molar-refractivity contribution in [3.63, 3.8) is 0 Å². The molecule has 3 aromatic rings. The van der Waals surface area contributed by atoms with E-state index in [-0.39, 0.29) is 35.7 Å². The third-order valence-corrected chi connectivity index (χ3v) is 5.40. The first-order valence-corrected chi connectivity index (χ1v) is 11.1. The van der Waals surface area contributed by atoms with E-state index < -0.39 is 5.97 Å². The second kappa shape index (κ2) is 11.1. The summed E-state index contributed by atoms with van der Waals surface area (Å²) in [6.45, 7) is 3.87. The van der Waals surface area contributed by atoms with Gasteiger partial charge in [0.05, 0.1) is 12.7 Å². The molecule has 0 spiro atoms. The van der Waals surface area contributed by atoms with Crippen LogP contribution in [0.1, 0.15) is 45.7 Å². The number of nitrogens with two attached hydrogens (primary N) is 1. The quantitative estimate of drug-likeness (QED) is 0.224. The molecule has 35 heavy (non-hydrogen) atoms. The standard InChI is InChI=1S/C27H28N4O4/c1-16(2)25(32)30-15-17-8-13-21(23(14-17)27(34)35-3)20-6-4-5-7-22(20)26(33)31-19-11-9-18(10-12-19)24(28)29/h4-14,16H,15H2,1-3H3,(H3,28,29)(H,30,32)(H,31,33). The highest BCUT2D eigenvalue weighted by molar-refractivity contribution is 6.10. The number of rotatable bonds is 8. The molecule has 8 nitrogen and oxygen atoms in total. The first-order valence-electron chi connectivity index (χ1n) is 11.1. The van der Waals surface area contributed by atoms with E-state index in [4.69, 9.17) is 15.9 Å². The number of carbonyl (C=O) groups is 3. The summed E-state index contributed by atoms with van der Waals surface area (Å²) in [4.78, 5) is 37.7. The number of anilines is 1. The van der Waals surface area contributed by atoms with Gasteiger partial charge in [-0.1, -0.05) is 44.2 Å². The zero-order valence-corrected chi connectivity index (χ0v) is 19.8. The molecular formula is C27H28N4O4. The number of hydrogen-bond acceptors (Lipinski definition) is 5. The average molecular weight is 473 g/mol. The predicted octanol–water partition coefficient (Wildman–Crippen LogP) is 3.95. The van der Waals surface area contributed by atoms with Crippen LogP contribution in [0.3, 0.4) is 0 Å². The van der Waals surface area contributed by atoms with Crippen LogP contribution in [-0.2, 0) is 16.1 Å². The van der Waals surface area contributed by atoms with Gasteiger partial charge in [-0.3, -0.25) is 15.0 Å². The Morgan fingerprint density at radius 3 is 2.23 bits per heavy atom. The summed E-state index contributed by atoms with van der Waals surface area (Å²) < 4.78 is 4.99. The number of carbonyl (C=O) groups excluding carboxylic acids is 3. The molecule has 0 atom stereocenters. The monoisotopic (exact) mass is 472 g/mol. The highest BCUT2D eigenvalue weighted by Crippen LogP contribution is 2.29. The first kappa shape index (κ1) is 25.2. The maximum atomic E-state index is 13.1. The van der Waals surface area contributed by atoms with Crippen LogP contribution >= 0.6 is 0 Å². The molecule has 0 aliphatic heterocycles. The molecule has 180 valence electrons. The minimum Gasteiger partial charge on any atom is -0.465 e. The van der Waals surface area contributed by atoms with Crippen LogP contribution in [0.4, 0.5) is 5.69 Å². The minimum absolute atomic E-state index is 0.0595.